The van der Waals surface area contributed by atoms with Gasteiger partial charge in [-0.1, -0.05) is 6.92 Å². The molecule has 0 bridgehead atoms. The molecule has 13 heteroatoms. The zero-order chi connectivity index (χ0) is 41.0. The van der Waals surface area contributed by atoms with Crippen molar-refractivity contribution in [3.63, 3.8) is 0 Å². The highest BCUT2D eigenvalue weighted by atomic mass is 16.5. The van der Waals surface area contributed by atoms with E-state index in [0.717, 1.165) is 129 Å². The van der Waals surface area contributed by atoms with E-state index in [1.165, 1.54) is 6.42 Å². The normalized spacial score (nSPS) is 21.2. The number of methoxy groups -OCH3 is 2. The van der Waals surface area contributed by atoms with Gasteiger partial charge in [-0.25, -0.2) is 0 Å². The van der Waals surface area contributed by atoms with Gasteiger partial charge in [0, 0.05) is 93.1 Å². The molecule has 2 aromatic heterocycles. The van der Waals surface area contributed by atoms with Crippen LogP contribution in [0.3, 0.4) is 0 Å². The first kappa shape index (κ1) is 39.2. The van der Waals surface area contributed by atoms with Crippen LogP contribution in [0, 0.1) is 5.92 Å². The predicted molar refractivity (Wildman–Crippen MR) is 226 cm³/mol. The molecule has 3 amide bonds. The lowest BCUT2D eigenvalue weighted by Crippen LogP contribution is -2.52. The Bertz CT molecular complexity index is 2350. The number of piperazine rings is 1. The largest absolute Gasteiger partial charge is 0.496 e. The topological polar surface area (TPSA) is 130 Å². The average molecular weight is 802 g/mol. The van der Waals surface area contributed by atoms with E-state index in [1.807, 2.05) is 18.3 Å². The highest BCUT2D eigenvalue weighted by molar-refractivity contribution is 6.05. The number of fused-ring (bicyclic) bond motifs is 2. The fraction of sp³-hybridized carbons (Fsp3) is 0.500. The Balaban J connectivity index is 0.784. The van der Waals surface area contributed by atoms with E-state index in [4.69, 9.17) is 14.5 Å². The number of aromatic nitrogens is 2. The lowest BCUT2D eigenvalue weighted by atomic mass is 9.92. The summed E-state index contributed by atoms with van der Waals surface area (Å²) < 4.78 is 13.7. The van der Waals surface area contributed by atoms with Gasteiger partial charge in [-0.05, 0) is 117 Å². The highest BCUT2D eigenvalue weighted by Gasteiger charge is 2.41. The van der Waals surface area contributed by atoms with Crippen LogP contribution in [-0.2, 0) is 35.1 Å². The van der Waals surface area contributed by atoms with Crippen LogP contribution in [0.2, 0.25) is 0 Å². The van der Waals surface area contributed by atoms with E-state index in [2.05, 4.69) is 51.2 Å². The van der Waals surface area contributed by atoms with Crippen molar-refractivity contribution < 1.29 is 23.9 Å². The third-order valence-corrected chi connectivity index (χ3v) is 13.8. The zero-order valence-electron chi connectivity index (χ0n) is 34.7. The van der Waals surface area contributed by atoms with Crippen LogP contribution in [0.4, 0.5) is 5.69 Å². The SMILES string of the molecule is COc1cc(-c2cn(C)c(=O)c3cnc(C4(C)CC4)cc23)cc(OC)c1CN1CCC(CCN2CCN(c3ccc4c(c3)CN(C3CCC(=O)NC3=O)C4=O)CC2)CC1. The van der Waals surface area contributed by atoms with Crippen LogP contribution in [0.1, 0.15) is 79.0 Å². The van der Waals surface area contributed by atoms with Crippen molar-refractivity contribution in [3.05, 3.63) is 81.5 Å². The van der Waals surface area contributed by atoms with E-state index < -0.39 is 6.04 Å². The number of ether oxygens (including phenoxy) is 2. The van der Waals surface area contributed by atoms with Gasteiger partial charge in [0.1, 0.15) is 17.5 Å². The van der Waals surface area contributed by atoms with Crippen LogP contribution in [-0.4, -0.2) is 108 Å². The molecule has 310 valence electrons. The van der Waals surface area contributed by atoms with Crippen molar-refractivity contribution in [1.29, 1.82) is 0 Å². The van der Waals surface area contributed by atoms with E-state index in [9.17, 15) is 19.2 Å². The lowest BCUT2D eigenvalue weighted by molar-refractivity contribution is -0.136. The molecule has 3 saturated heterocycles. The van der Waals surface area contributed by atoms with Crippen LogP contribution in [0.15, 0.2) is 53.6 Å². The number of amides is 3. The van der Waals surface area contributed by atoms with E-state index in [1.54, 1.807) is 36.9 Å². The molecule has 13 nitrogen and oxygen atoms in total. The van der Waals surface area contributed by atoms with Gasteiger partial charge in [0.25, 0.3) is 11.5 Å². The summed E-state index contributed by atoms with van der Waals surface area (Å²) in [4.78, 5) is 64.2. The highest BCUT2D eigenvalue weighted by Crippen LogP contribution is 2.48. The van der Waals surface area contributed by atoms with Gasteiger partial charge >= 0.3 is 0 Å². The number of nitrogens with one attached hydrogen (secondary N) is 1. The Morgan fingerprint density at radius 1 is 0.847 bits per heavy atom. The molecule has 1 unspecified atom stereocenters. The van der Waals surface area contributed by atoms with Crippen molar-refractivity contribution in [2.24, 2.45) is 13.0 Å². The van der Waals surface area contributed by atoms with E-state index in [-0.39, 0.29) is 35.1 Å². The standard InChI is InChI=1S/C46H55N7O6/c1-46(12-13-46)41-24-34-35(25-47-41)44(56)49(2)27-36(34)30-22-39(58-3)37(40(23-30)59-4)28-51-15-10-29(11-16-51)9-14-50-17-19-52(20-18-50)32-5-6-33-31(21-32)26-53(45(33)57)38-7-8-42(54)48-43(38)55/h5-6,21-25,27,29,38H,7-20,26,28H2,1-4H3,(H,48,54,55). The van der Waals surface area contributed by atoms with E-state index in [0.29, 0.717) is 29.8 Å². The predicted octanol–water partition coefficient (Wildman–Crippen LogP) is 4.85. The number of anilines is 1. The number of likely N-dealkylation sites (tertiary alicyclic amines) is 1. The van der Waals surface area contributed by atoms with Crippen LogP contribution < -0.4 is 25.2 Å². The van der Waals surface area contributed by atoms with Crippen LogP contribution in [0.25, 0.3) is 21.9 Å². The number of benzene rings is 2. The quantitative estimate of drug-likeness (QED) is 0.210. The second-order valence-electron chi connectivity index (χ2n) is 17.6. The summed E-state index contributed by atoms with van der Waals surface area (Å²) in [7, 11) is 5.23. The number of pyridine rings is 2. The molecule has 9 rings (SSSR count). The third-order valence-electron chi connectivity index (χ3n) is 13.8. The third kappa shape index (κ3) is 7.59. The first-order valence-corrected chi connectivity index (χ1v) is 21.2. The maximum atomic E-state index is 13.2. The smallest absolute Gasteiger partial charge is 0.259 e. The average Bonchev–Trinajstić information content (AvgIpc) is 3.93. The number of rotatable bonds is 11. The van der Waals surface area contributed by atoms with Gasteiger partial charge in [-0.3, -0.25) is 39.3 Å². The molecule has 4 fully saturated rings. The number of carbonyl (C=O) groups is 3. The second-order valence-corrected chi connectivity index (χ2v) is 17.6. The Morgan fingerprint density at radius 2 is 1.58 bits per heavy atom. The molecule has 0 radical (unpaired) electrons. The maximum Gasteiger partial charge on any atom is 0.259 e. The molecule has 4 aromatic rings. The van der Waals surface area contributed by atoms with Crippen LogP contribution >= 0.6 is 0 Å². The molecular weight excluding hydrogens is 747 g/mol. The monoisotopic (exact) mass is 801 g/mol. The molecule has 6 heterocycles. The first-order valence-electron chi connectivity index (χ1n) is 21.2. The number of aryl methyl sites for hydroxylation is 1. The van der Waals surface area contributed by atoms with E-state index >= 15 is 0 Å². The van der Waals surface area contributed by atoms with Gasteiger partial charge in [0.15, 0.2) is 0 Å². The summed E-state index contributed by atoms with van der Waals surface area (Å²) in [5.74, 6) is 1.47. The second kappa shape index (κ2) is 15.7. The van der Waals surface area contributed by atoms with Crippen molar-refractivity contribution in [1.82, 2.24) is 29.6 Å². The molecule has 0 spiro atoms. The molecule has 59 heavy (non-hydrogen) atoms. The Labute approximate surface area is 345 Å². The summed E-state index contributed by atoms with van der Waals surface area (Å²) in [6.45, 7) is 10.4. The van der Waals surface area contributed by atoms with Gasteiger partial charge in [-0.2, -0.15) is 0 Å². The Morgan fingerprint density at radius 3 is 2.25 bits per heavy atom. The number of hydrogen-bond donors (Lipinski definition) is 1. The van der Waals surface area contributed by atoms with Gasteiger partial charge in [0.05, 0.1) is 25.2 Å². The minimum absolute atomic E-state index is 0.0552. The van der Waals surface area contributed by atoms with Crippen molar-refractivity contribution in [2.45, 2.75) is 76.4 Å². The molecule has 1 saturated carbocycles. The number of imide groups is 1. The van der Waals surface area contributed by atoms with Gasteiger partial charge in [0.2, 0.25) is 11.8 Å². The lowest BCUT2D eigenvalue weighted by Gasteiger charge is -2.38. The van der Waals surface area contributed by atoms with Crippen molar-refractivity contribution in [2.75, 3.05) is 64.9 Å². The first-order chi connectivity index (χ1) is 28.5. The van der Waals surface area contributed by atoms with Crippen LogP contribution in [0.5, 0.6) is 11.5 Å². The Hall–Kier alpha value is -5.27. The molecule has 1 aliphatic carbocycles. The summed E-state index contributed by atoms with van der Waals surface area (Å²) in [6, 6.07) is 11.7. The number of hydrogen-bond acceptors (Lipinski definition) is 10. The molecule has 2 aromatic carbocycles. The van der Waals surface area contributed by atoms with Crippen molar-refractivity contribution >= 4 is 34.2 Å². The molecular formula is C46H55N7O6. The molecule has 1 atom stereocenters. The number of piperidine rings is 2. The number of carbonyl (C=O) groups excluding carboxylic acids is 3. The maximum absolute atomic E-state index is 13.2. The summed E-state index contributed by atoms with van der Waals surface area (Å²) in [5, 5.41) is 3.91. The minimum atomic E-state index is -0.596. The fourth-order valence-corrected chi connectivity index (χ4v) is 9.67. The van der Waals surface area contributed by atoms with Gasteiger partial charge in [-0.15, -0.1) is 0 Å². The zero-order valence-corrected chi connectivity index (χ0v) is 34.7. The Kier molecular flexibility index (Phi) is 10.4. The summed E-state index contributed by atoms with van der Waals surface area (Å²) in [5.41, 5.74) is 6.73. The van der Waals surface area contributed by atoms with Gasteiger partial charge < -0.3 is 23.8 Å². The molecule has 4 aliphatic heterocycles. The molecule has 5 aliphatic rings. The molecule has 1 N–H and O–H groups in total. The fourth-order valence-electron chi connectivity index (χ4n) is 9.67. The summed E-state index contributed by atoms with van der Waals surface area (Å²) in [6.07, 6.45) is 10.0. The summed E-state index contributed by atoms with van der Waals surface area (Å²) >= 11 is 0. The van der Waals surface area contributed by atoms with Crippen molar-refractivity contribution in [3.8, 4) is 22.6 Å². The minimum Gasteiger partial charge on any atom is -0.496 e. The number of nitrogens with zero attached hydrogens (tertiary/aromatic N) is 6.